The van der Waals surface area contributed by atoms with Gasteiger partial charge in [0.1, 0.15) is 12.1 Å². The number of hydrogen-bond acceptors (Lipinski definition) is 3. The molecule has 18 heavy (non-hydrogen) atoms. The number of hydrogen-bond donors (Lipinski definition) is 0. The Morgan fingerprint density at radius 3 is 2.94 bits per heavy atom. The van der Waals surface area contributed by atoms with Crippen molar-refractivity contribution in [3.8, 4) is 0 Å². The fraction of sp³-hybridized carbons (Fsp3) is 0. The van der Waals surface area contributed by atoms with Crippen LogP contribution in [0.2, 0.25) is 0 Å². The Morgan fingerprint density at radius 2 is 2.11 bits per heavy atom. The lowest BCUT2D eigenvalue weighted by Crippen LogP contribution is -2.04. The first-order valence-electron chi connectivity index (χ1n) is 5.52. The van der Waals surface area contributed by atoms with Gasteiger partial charge in [-0.1, -0.05) is 12.1 Å². The zero-order valence-corrected chi connectivity index (χ0v) is 9.48. The monoisotopic (exact) mass is 238 g/mol. The van der Waals surface area contributed by atoms with Crippen LogP contribution in [-0.2, 0) is 0 Å². The van der Waals surface area contributed by atoms with Gasteiger partial charge in [-0.25, -0.2) is 4.98 Å². The normalized spacial score (nSPS) is 11.3. The summed E-state index contributed by atoms with van der Waals surface area (Å²) >= 11 is 0. The molecule has 0 aliphatic carbocycles. The molecule has 0 amide bonds. The SMILES string of the molecule is O=C(/C=C/c1ccco1)n1cnc2ccccc21. The molecule has 3 aromatic rings. The van der Waals surface area contributed by atoms with Crippen LogP contribution in [0.1, 0.15) is 10.6 Å². The van der Waals surface area contributed by atoms with Crippen molar-refractivity contribution in [3.63, 3.8) is 0 Å². The van der Waals surface area contributed by atoms with Gasteiger partial charge < -0.3 is 4.42 Å². The van der Waals surface area contributed by atoms with Crippen LogP contribution in [0.4, 0.5) is 0 Å². The number of imidazole rings is 1. The lowest BCUT2D eigenvalue weighted by molar-refractivity contribution is 0.0974. The predicted molar refractivity (Wildman–Crippen MR) is 68.1 cm³/mol. The predicted octanol–water partition coefficient (Wildman–Crippen LogP) is 2.98. The summed E-state index contributed by atoms with van der Waals surface area (Å²) in [6.45, 7) is 0. The van der Waals surface area contributed by atoms with E-state index in [0.717, 1.165) is 11.0 Å². The standard InChI is InChI=1S/C14H10N2O2/c17-14(8-7-11-4-3-9-18-11)16-10-15-12-5-1-2-6-13(12)16/h1-10H/b8-7+. The average molecular weight is 238 g/mol. The first kappa shape index (κ1) is 10.5. The Morgan fingerprint density at radius 1 is 1.22 bits per heavy atom. The van der Waals surface area contributed by atoms with Crippen molar-refractivity contribution in [2.45, 2.75) is 0 Å². The Hall–Kier alpha value is -2.62. The minimum Gasteiger partial charge on any atom is -0.465 e. The molecule has 0 saturated carbocycles. The van der Waals surface area contributed by atoms with Crippen LogP contribution >= 0.6 is 0 Å². The number of nitrogens with zero attached hydrogens (tertiary/aromatic N) is 2. The van der Waals surface area contributed by atoms with E-state index < -0.39 is 0 Å². The van der Waals surface area contributed by atoms with Crippen molar-refractivity contribution in [1.82, 2.24) is 9.55 Å². The van der Waals surface area contributed by atoms with Gasteiger partial charge in [-0.15, -0.1) is 0 Å². The molecule has 3 rings (SSSR count). The second-order valence-electron chi connectivity index (χ2n) is 3.79. The first-order chi connectivity index (χ1) is 8.84. The van der Waals surface area contributed by atoms with E-state index >= 15 is 0 Å². The van der Waals surface area contributed by atoms with E-state index in [1.807, 2.05) is 24.3 Å². The van der Waals surface area contributed by atoms with Crippen LogP contribution < -0.4 is 0 Å². The number of aromatic nitrogens is 2. The summed E-state index contributed by atoms with van der Waals surface area (Å²) in [4.78, 5) is 16.2. The minimum atomic E-state index is -0.153. The number of benzene rings is 1. The highest BCUT2D eigenvalue weighted by Crippen LogP contribution is 2.12. The summed E-state index contributed by atoms with van der Waals surface area (Å²) in [6, 6.07) is 11.1. The maximum Gasteiger partial charge on any atom is 0.256 e. The summed E-state index contributed by atoms with van der Waals surface area (Å²) in [7, 11) is 0. The van der Waals surface area contributed by atoms with E-state index in [-0.39, 0.29) is 5.91 Å². The molecule has 0 spiro atoms. The third kappa shape index (κ3) is 1.84. The van der Waals surface area contributed by atoms with Gasteiger partial charge in [-0.3, -0.25) is 9.36 Å². The van der Waals surface area contributed by atoms with Crippen LogP contribution in [0.15, 0.2) is 59.5 Å². The molecule has 0 N–H and O–H groups in total. The first-order valence-corrected chi connectivity index (χ1v) is 5.52. The van der Waals surface area contributed by atoms with Gasteiger partial charge >= 0.3 is 0 Å². The van der Waals surface area contributed by atoms with Crippen LogP contribution in [0, 0.1) is 0 Å². The molecule has 0 saturated heterocycles. The van der Waals surface area contributed by atoms with E-state index in [2.05, 4.69) is 4.98 Å². The molecule has 0 radical (unpaired) electrons. The van der Waals surface area contributed by atoms with Crippen molar-refractivity contribution < 1.29 is 9.21 Å². The molecule has 0 bridgehead atoms. The van der Waals surface area contributed by atoms with Crippen LogP contribution in [0.3, 0.4) is 0 Å². The molecule has 0 atom stereocenters. The van der Waals surface area contributed by atoms with Gasteiger partial charge in [0, 0.05) is 6.08 Å². The van der Waals surface area contributed by atoms with Gasteiger partial charge in [0.05, 0.1) is 17.3 Å². The summed E-state index contributed by atoms with van der Waals surface area (Å²) in [5.41, 5.74) is 1.60. The molecule has 88 valence electrons. The summed E-state index contributed by atoms with van der Waals surface area (Å²) < 4.78 is 6.63. The minimum absolute atomic E-state index is 0.153. The molecule has 1 aromatic carbocycles. The zero-order chi connectivity index (χ0) is 12.4. The Bertz CT molecular complexity index is 708. The number of fused-ring (bicyclic) bond motifs is 1. The zero-order valence-electron chi connectivity index (χ0n) is 9.48. The van der Waals surface area contributed by atoms with Crippen LogP contribution in [0.25, 0.3) is 17.1 Å². The molecule has 4 nitrogen and oxygen atoms in total. The fourth-order valence-corrected chi connectivity index (χ4v) is 1.75. The summed E-state index contributed by atoms with van der Waals surface area (Å²) in [6.07, 6.45) is 6.19. The molecule has 2 aromatic heterocycles. The molecule has 0 fully saturated rings. The Balaban J connectivity index is 1.93. The maximum atomic E-state index is 12.0. The highest BCUT2D eigenvalue weighted by Gasteiger charge is 2.06. The molecule has 0 aliphatic rings. The third-order valence-electron chi connectivity index (χ3n) is 2.62. The van der Waals surface area contributed by atoms with E-state index in [1.165, 1.54) is 17.0 Å². The van der Waals surface area contributed by atoms with Crippen LogP contribution in [-0.4, -0.2) is 15.5 Å². The number of carbonyl (C=O) groups excluding carboxylic acids is 1. The molecule has 0 aliphatic heterocycles. The molecule has 0 unspecified atom stereocenters. The van der Waals surface area contributed by atoms with Gasteiger partial charge in [0.2, 0.25) is 0 Å². The number of furan rings is 1. The number of para-hydroxylation sites is 2. The van der Waals surface area contributed by atoms with Gasteiger partial charge in [0.25, 0.3) is 5.91 Å². The average Bonchev–Trinajstić information content (AvgIpc) is 3.05. The van der Waals surface area contributed by atoms with Crippen molar-refractivity contribution in [2.75, 3.05) is 0 Å². The van der Waals surface area contributed by atoms with E-state index in [9.17, 15) is 4.79 Å². The molecule has 2 heterocycles. The van der Waals surface area contributed by atoms with Crippen molar-refractivity contribution in [3.05, 3.63) is 60.8 Å². The van der Waals surface area contributed by atoms with Crippen molar-refractivity contribution in [1.29, 1.82) is 0 Å². The summed E-state index contributed by atoms with van der Waals surface area (Å²) in [5.74, 6) is 0.493. The Labute approximate surface area is 103 Å². The maximum absolute atomic E-state index is 12.0. The fourth-order valence-electron chi connectivity index (χ4n) is 1.75. The highest BCUT2D eigenvalue weighted by molar-refractivity contribution is 5.98. The van der Waals surface area contributed by atoms with Gasteiger partial charge in [0.15, 0.2) is 0 Å². The molecular formula is C14H10N2O2. The number of carbonyl (C=O) groups is 1. The Kier molecular flexibility index (Phi) is 2.53. The van der Waals surface area contributed by atoms with Crippen molar-refractivity contribution >= 4 is 23.0 Å². The second kappa shape index (κ2) is 4.33. The van der Waals surface area contributed by atoms with E-state index in [0.29, 0.717) is 5.76 Å². The topological polar surface area (TPSA) is 48.0 Å². The molecule has 4 heteroatoms. The lowest BCUT2D eigenvalue weighted by atomic mass is 10.3. The largest absolute Gasteiger partial charge is 0.465 e. The lowest BCUT2D eigenvalue weighted by Gasteiger charge is -1.97. The quantitative estimate of drug-likeness (QED) is 0.645. The van der Waals surface area contributed by atoms with Gasteiger partial charge in [-0.05, 0) is 30.3 Å². The number of allylic oxidation sites excluding steroid dienone is 1. The van der Waals surface area contributed by atoms with Crippen LogP contribution in [0.5, 0.6) is 0 Å². The van der Waals surface area contributed by atoms with Gasteiger partial charge in [-0.2, -0.15) is 0 Å². The van der Waals surface area contributed by atoms with E-state index in [4.69, 9.17) is 4.42 Å². The highest BCUT2D eigenvalue weighted by atomic mass is 16.3. The second-order valence-corrected chi connectivity index (χ2v) is 3.79. The molecular weight excluding hydrogens is 228 g/mol. The van der Waals surface area contributed by atoms with E-state index in [1.54, 1.807) is 24.5 Å². The smallest absolute Gasteiger partial charge is 0.256 e. The third-order valence-corrected chi connectivity index (χ3v) is 2.62. The summed E-state index contributed by atoms with van der Waals surface area (Å²) in [5, 5.41) is 0. The van der Waals surface area contributed by atoms with Crippen molar-refractivity contribution in [2.24, 2.45) is 0 Å². The number of rotatable bonds is 2.